The first-order valence-corrected chi connectivity index (χ1v) is 13.1. The largest absolute Gasteiger partial charge is 0.497 e. The predicted molar refractivity (Wildman–Crippen MR) is 129 cm³/mol. The van der Waals surface area contributed by atoms with Crippen molar-refractivity contribution in [1.29, 1.82) is 0 Å². The molecule has 1 unspecified atom stereocenters. The standard InChI is InChI=1S/C23H25N3O5S2/c1-4-22(28)26-14(2)11-15-12-17(6-8-19(15)26)33(29,30)10-9-21(27)25-23-24-18-7-5-16(31-3)13-20(18)32-23/h5-8,12-14H,4,9-11H2,1-3H3,(H,24,25,27). The lowest BCUT2D eigenvalue weighted by Gasteiger charge is -2.22. The number of carbonyl (C=O) groups is 2. The first-order chi connectivity index (χ1) is 15.7. The summed E-state index contributed by atoms with van der Waals surface area (Å²) >= 11 is 1.30. The molecule has 0 fully saturated rings. The third kappa shape index (κ3) is 4.72. The van der Waals surface area contributed by atoms with Gasteiger partial charge in [0, 0.05) is 24.6 Å². The Kier molecular flexibility index (Phi) is 6.40. The molecular formula is C23H25N3O5S2. The van der Waals surface area contributed by atoms with Crippen LogP contribution in [0.5, 0.6) is 5.75 Å². The lowest BCUT2D eigenvalue weighted by molar-refractivity contribution is -0.118. The highest BCUT2D eigenvalue weighted by molar-refractivity contribution is 7.91. The van der Waals surface area contributed by atoms with E-state index in [0.717, 1.165) is 21.5 Å². The van der Waals surface area contributed by atoms with Gasteiger partial charge in [0.1, 0.15) is 5.75 Å². The number of nitrogens with one attached hydrogen (secondary N) is 1. The number of anilines is 2. The minimum absolute atomic E-state index is 0.00930. The molecule has 174 valence electrons. The van der Waals surface area contributed by atoms with Gasteiger partial charge in [0.15, 0.2) is 15.0 Å². The molecule has 0 saturated heterocycles. The van der Waals surface area contributed by atoms with Gasteiger partial charge in [-0.25, -0.2) is 13.4 Å². The van der Waals surface area contributed by atoms with Crippen LogP contribution in [0.25, 0.3) is 10.2 Å². The lowest BCUT2D eigenvalue weighted by Crippen LogP contribution is -2.35. The van der Waals surface area contributed by atoms with Crippen molar-refractivity contribution < 1.29 is 22.7 Å². The fraction of sp³-hybridized carbons (Fsp3) is 0.348. The fourth-order valence-electron chi connectivity index (χ4n) is 3.96. The predicted octanol–water partition coefficient (Wildman–Crippen LogP) is 3.80. The second kappa shape index (κ2) is 9.11. The molecule has 10 heteroatoms. The Morgan fingerprint density at radius 2 is 2.03 bits per heavy atom. The van der Waals surface area contributed by atoms with E-state index in [1.165, 1.54) is 17.4 Å². The van der Waals surface area contributed by atoms with Gasteiger partial charge in [0.2, 0.25) is 11.8 Å². The number of rotatable bonds is 7. The normalized spacial score (nSPS) is 15.5. The summed E-state index contributed by atoms with van der Waals surface area (Å²) in [6.07, 6.45) is 0.809. The Labute approximate surface area is 196 Å². The third-order valence-corrected chi connectivity index (χ3v) is 8.28. The number of hydrogen-bond donors (Lipinski definition) is 1. The summed E-state index contributed by atoms with van der Waals surface area (Å²) in [7, 11) is -2.08. The Morgan fingerprint density at radius 1 is 1.24 bits per heavy atom. The van der Waals surface area contributed by atoms with Crippen LogP contribution in [0, 0.1) is 0 Å². The summed E-state index contributed by atoms with van der Waals surface area (Å²) in [5.41, 5.74) is 2.32. The number of thiazole rings is 1. The lowest BCUT2D eigenvalue weighted by atomic mass is 10.1. The van der Waals surface area contributed by atoms with Crippen molar-refractivity contribution in [2.24, 2.45) is 0 Å². The van der Waals surface area contributed by atoms with Gasteiger partial charge in [-0.1, -0.05) is 18.3 Å². The number of carbonyl (C=O) groups excluding carboxylic acids is 2. The molecule has 1 aliphatic heterocycles. The van der Waals surface area contributed by atoms with E-state index in [-0.39, 0.29) is 29.0 Å². The Hall–Kier alpha value is -2.98. The molecule has 0 bridgehead atoms. The van der Waals surface area contributed by atoms with E-state index >= 15 is 0 Å². The van der Waals surface area contributed by atoms with Crippen LogP contribution < -0.4 is 15.0 Å². The molecule has 33 heavy (non-hydrogen) atoms. The monoisotopic (exact) mass is 487 g/mol. The topological polar surface area (TPSA) is 106 Å². The molecule has 1 aliphatic rings. The van der Waals surface area contributed by atoms with Gasteiger partial charge >= 0.3 is 0 Å². The number of sulfone groups is 1. The number of aromatic nitrogens is 1. The zero-order chi connectivity index (χ0) is 23.8. The Morgan fingerprint density at radius 3 is 2.76 bits per heavy atom. The summed E-state index contributed by atoms with van der Waals surface area (Å²) in [6.45, 7) is 3.76. The molecule has 8 nitrogen and oxygen atoms in total. The molecule has 2 heterocycles. The quantitative estimate of drug-likeness (QED) is 0.544. The van der Waals surface area contributed by atoms with Crippen molar-refractivity contribution >= 4 is 54.0 Å². The van der Waals surface area contributed by atoms with Crippen molar-refractivity contribution in [3.05, 3.63) is 42.0 Å². The summed E-state index contributed by atoms with van der Waals surface area (Å²) in [5, 5.41) is 3.09. The number of benzene rings is 2. The summed E-state index contributed by atoms with van der Waals surface area (Å²) in [4.78, 5) is 30.9. The number of hydrogen-bond acceptors (Lipinski definition) is 7. The van der Waals surface area contributed by atoms with Crippen molar-refractivity contribution in [3.8, 4) is 5.75 Å². The van der Waals surface area contributed by atoms with Gasteiger partial charge in [0.05, 0.1) is 28.0 Å². The number of methoxy groups -OCH3 is 1. The SMILES string of the molecule is CCC(=O)N1c2ccc(S(=O)(=O)CCC(=O)Nc3nc4ccc(OC)cc4s3)cc2CC1C. The molecule has 0 saturated carbocycles. The molecule has 0 radical (unpaired) electrons. The van der Waals surface area contributed by atoms with Gasteiger partial charge in [-0.2, -0.15) is 0 Å². The molecule has 3 aromatic rings. The number of amides is 2. The maximum atomic E-state index is 12.9. The van der Waals surface area contributed by atoms with E-state index < -0.39 is 15.7 Å². The Balaban J connectivity index is 1.43. The molecule has 1 N–H and O–H groups in total. The van der Waals surface area contributed by atoms with E-state index in [9.17, 15) is 18.0 Å². The van der Waals surface area contributed by atoms with Gasteiger partial charge in [0.25, 0.3) is 0 Å². The fourth-order valence-corrected chi connectivity index (χ4v) is 6.16. The highest BCUT2D eigenvalue weighted by Crippen LogP contribution is 2.34. The summed E-state index contributed by atoms with van der Waals surface area (Å²) < 4.78 is 31.8. The van der Waals surface area contributed by atoms with Crippen molar-refractivity contribution in [3.63, 3.8) is 0 Å². The number of fused-ring (bicyclic) bond motifs is 2. The average Bonchev–Trinajstić information content (AvgIpc) is 3.35. The smallest absolute Gasteiger partial charge is 0.227 e. The highest BCUT2D eigenvalue weighted by atomic mass is 32.2. The van der Waals surface area contributed by atoms with Crippen molar-refractivity contribution in [1.82, 2.24) is 4.98 Å². The van der Waals surface area contributed by atoms with Crippen LogP contribution in [-0.4, -0.2) is 44.1 Å². The maximum absolute atomic E-state index is 12.9. The number of ether oxygens (including phenoxy) is 1. The molecule has 0 aliphatic carbocycles. The van der Waals surface area contributed by atoms with E-state index in [1.807, 2.05) is 19.9 Å². The van der Waals surface area contributed by atoms with Crippen LogP contribution in [0.2, 0.25) is 0 Å². The third-order valence-electron chi connectivity index (χ3n) is 5.64. The summed E-state index contributed by atoms with van der Waals surface area (Å²) in [6, 6.07) is 10.2. The Bertz CT molecular complexity index is 1330. The number of nitrogens with zero attached hydrogens (tertiary/aromatic N) is 2. The van der Waals surface area contributed by atoms with Gasteiger partial charge in [-0.05, 0) is 55.3 Å². The molecule has 2 aromatic carbocycles. The maximum Gasteiger partial charge on any atom is 0.227 e. The zero-order valence-electron chi connectivity index (χ0n) is 18.6. The molecule has 4 rings (SSSR count). The first kappa shape index (κ1) is 23.2. The molecule has 1 aromatic heterocycles. The van der Waals surface area contributed by atoms with Crippen molar-refractivity contribution in [2.75, 3.05) is 23.1 Å². The van der Waals surface area contributed by atoms with Gasteiger partial charge in [-0.3, -0.25) is 9.59 Å². The van der Waals surface area contributed by atoms with E-state index in [1.54, 1.807) is 36.3 Å². The van der Waals surface area contributed by atoms with Crippen LogP contribution in [-0.2, 0) is 25.8 Å². The molecule has 1 atom stereocenters. The molecular weight excluding hydrogens is 462 g/mol. The van der Waals surface area contributed by atoms with Crippen LogP contribution in [0.15, 0.2) is 41.3 Å². The van der Waals surface area contributed by atoms with E-state index in [2.05, 4.69) is 10.3 Å². The van der Waals surface area contributed by atoms with Crippen LogP contribution in [0.4, 0.5) is 10.8 Å². The second-order valence-corrected chi connectivity index (χ2v) is 11.1. The molecule has 2 amide bonds. The summed E-state index contributed by atoms with van der Waals surface area (Å²) in [5.74, 6) is -0.0225. The van der Waals surface area contributed by atoms with E-state index in [0.29, 0.717) is 23.7 Å². The van der Waals surface area contributed by atoms with Gasteiger partial charge in [-0.15, -0.1) is 0 Å². The van der Waals surface area contributed by atoms with E-state index in [4.69, 9.17) is 4.74 Å². The van der Waals surface area contributed by atoms with Crippen molar-refractivity contribution in [2.45, 2.75) is 44.0 Å². The minimum Gasteiger partial charge on any atom is -0.497 e. The zero-order valence-corrected chi connectivity index (χ0v) is 20.3. The van der Waals surface area contributed by atoms with Crippen LogP contribution in [0.3, 0.4) is 0 Å². The second-order valence-electron chi connectivity index (χ2n) is 7.93. The first-order valence-electron chi connectivity index (χ1n) is 10.6. The van der Waals surface area contributed by atoms with Gasteiger partial charge < -0.3 is 15.0 Å². The van der Waals surface area contributed by atoms with Crippen LogP contribution in [0.1, 0.15) is 32.3 Å². The highest BCUT2D eigenvalue weighted by Gasteiger charge is 2.31. The van der Waals surface area contributed by atoms with Crippen LogP contribution >= 0.6 is 11.3 Å². The minimum atomic E-state index is -3.66. The average molecular weight is 488 g/mol. The molecule has 0 spiro atoms.